The standard InChI is InChI=1S/C16H30N2O2/c1-13-12-18(7-3-15(13)17-2)14-4-8-20-16(11-14)5-9-19-10-6-16/h13-15,17H,3-12H2,1-2H3. The Morgan fingerprint density at radius 1 is 1.15 bits per heavy atom. The van der Waals surface area contributed by atoms with E-state index in [4.69, 9.17) is 9.47 Å². The highest BCUT2D eigenvalue weighted by molar-refractivity contribution is 4.94. The summed E-state index contributed by atoms with van der Waals surface area (Å²) in [4.78, 5) is 2.73. The highest BCUT2D eigenvalue weighted by atomic mass is 16.5. The molecule has 116 valence electrons. The number of ether oxygens (including phenoxy) is 2. The first kappa shape index (κ1) is 14.8. The van der Waals surface area contributed by atoms with Crippen molar-refractivity contribution in [3.05, 3.63) is 0 Å². The zero-order valence-corrected chi connectivity index (χ0v) is 13.1. The fraction of sp³-hybridized carbons (Fsp3) is 1.00. The summed E-state index contributed by atoms with van der Waals surface area (Å²) >= 11 is 0. The molecule has 0 aromatic carbocycles. The largest absolute Gasteiger partial charge is 0.381 e. The Kier molecular flexibility index (Phi) is 4.65. The van der Waals surface area contributed by atoms with Crippen molar-refractivity contribution in [3.63, 3.8) is 0 Å². The summed E-state index contributed by atoms with van der Waals surface area (Å²) in [6.07, 6.45) is 5.88. The van der Waals surface area contributed by atoms with Crippen molar-refractivity contribution in [1.82, 2.24) is 10.2 Å². The van der Waals surface area contributed by atoms with Gasteiger partial charge in [-0.2, -0.15) is 0 Å². The Bertz CT molecular complexity index is 312. The van der Waals surface area contributed by atoms with Crippen molar-refractivity contribution < 1.29 is 9.47 Å². The number of hydrogen-bond acceptors (Lipinski definition) is 4. The summed E-state index contributed by atoms with van der Waals surface area (Å²) < 4.78 is 11.7. The van der Waals surface area contributed by atoms with Gasteiger partial charge in [-0.05, 0) is 51.6 Å². The molecule has 0 bridgehead atoms. The predicted octanol–water partition coefficient (Wildman–Crippen LogP) is 1.64. The van der Waals surface area contributed by atoms with Crippen LogP contribution in [0.1, 0.15) is 39.0 Å². The van der Waals surface area contributed by atoms with Crippen LogP contribution in [0.25, 0.3) is 0 Å². The lowest BCUT2D eigenvalue weighted by Crippen LogP contribution is -2.55. The number of nitrogens with one attached hydrogen (secondary N) is 1. The van der Waals surface area contributed by atoms with Crippen LogP contribution in [0.4, 0.5) is 0 Å². The normalized spacial score (nSPS) is 39.0. The van der Waals surface area contributed by atoms with Gasteiger partial charge in [0.1, 0.15) is 0 Å². The lowest BCUT2D eigenvalue weighted by molar-refractivity contribution is -0.153. The first-order chi connectivity index (χ1) is 9.72. The number of likely N-dealkylation sites (tertiary alicyclic amines) is 1. The van der Waals surface area contributed by atoms with Crippen LogP contribution >= 0.6 is 0 Å². The second-order valence-corrected chi connectivity index (χ2v) is 6.95. The fourth-order valence-corrected chi connectivity index (χ4v) is 4.34. The summed E-state index contributed by atoms with van der Waals surface area (Å²) in [6.45, 7) is 7.56. The van der Waals surface area contributed by atoms with E-state index in [2.05, 4.69) is 24.2 Å². The SMILES string of the molecule is CNC1CCN(C2CCOC3(CCOCC3)C2)CC1C. The van der Waals surface area contributed by atoms with E-state index in [1.807, 2.05) is 0 Å². The molecule has 0 aromatic rings. The minimum atomic E-state index is 0.129. The smallest absolute Gasteiger partial charge is 0.0741 e. The summed E-state index contributed by atoms with van der Waals surface area (Å²) in [5.41, 5.74) is 0.129. The van der Waals surface area contributed by atoms with Gasteiger partial charge < -0.3 is 14.8 Å². The Balaban J connectivity index is 1.59. The molecular formula is C16H30N2O2. The van der Waals surface area contributed by atoms with Crippen LogP contribution in [0.3, 0.4) is 0 Å². The van der Waals surface area contributed by atoms with Gasteiger partial charge in [0.25, 0.3) is 0 Å². The minimum absolute atomic E-state index is 0.129. The van der Waals surface area contributed by atoms with Gasteiger partial charge >= 0.3 is 0 Å². The first-order valence-electron chi connectivity index (χ1n) is 8.35. The molecule has 3 aliphatic heterocycles. The van der Waals surface area contributed by atoms with E-state index >= 15 is 0 Å². The van der Waals surface area contributed by atoms with Gasteiger partial charge in [0, 0.05) is 38.4 Å². The van der Waals surface area contributed by atoms with Gasteiger partial charge in [-0.3, -0.25) is 4.90 Å². The predicted molar refractivity (Wildman–Crippen MR) is 80.0 cm³/mol. The molecule has 4 nitrogen and oxygen atoms in total. The van der Waals surface area contributed by atoms with E-state index < -0.39 is 0 Å². The summed E-state index contributed by atoms with van der Waals surface area (Å²) in [5, 5.41) is 3.47. The number of hydrogen-bond donors (Lipinski definition) is 1. The monoisotopic (exact) mass is 282 g/mol. The summed E-state index contributed by atoms with van der Waals surface area (Å²) in [7, 11) is 2.10. The molecule has 3 rings (SSSR count). The Morgan fingerprint density at radius 3 is 2.65 bits per heavy atom. The van der Waals surface area contributed by atoms with Gasteiger partial charge in [-0.15, -0.1) is 0 Å². The van der Waals surface area contributed by atoms with Gasteiger partial charge in [0.05, 0.1) is 5.60 Å². The third-order valence-electron chi connectivity index (χ3n) is 5.69. The van der Waals surface area contributed by atoms with E-state index in [9.17, 15) is 0 Å². The molecule has 1 N–H and O–H groups in total. The van der Waals surface area contributed by atoms with Gasteiger partial charge in [-0.1, -0.05) is 6.92 Å². The van der Waals surface area contributed by atoms with E-state index in [1.54, 1.807) is 0 Å². The van der Waals surface area contributed by atoms with Crippen LogP contribution in [0, 0.1) is 5.92 Å². The molecule has 0 radical (unpaired) electrons. The van der Waals surface area contributed by atoms with Gasteiger partial charge in [0.2, 0.25) is 0 Å². The van der Waals surface area contributed by atoms with Gasteiger partial charge in [0.15, 0.2) is 0 Å². The molecule has 3 heterocycles. The van der Waals surface area contributed by atoms with Crippen LogP contribution < -0.4 is 5.32 Å². The van der Waals surface area contributed by atoms with Crippen LogP contribution in [-0.4, -0.2) is 62.5 Å². The number of rotatable bonds is 2. The quantitative estimate of drug-likeness (QED) is 0.835. The van der Waals surface area contributed by atoms with Crippen molar-refractivity contribution in [2.75, 3.05) is 40.0 Å². The van der Waals surface area contributed by atoms with Crippen molar-refractivity contribution >= 4 is 0 Å². The number of nitrogens with zero attached hydrogens (tertiary/aromatic N) is 1. The molecule has 4 heteroatoms. The highest BCUT2D eigenvalue weighted by Gasteiger charge is 2.41. The molecule has 3 saturated heterocycles. The lowest BCUT2D eigenvalue weighted by Gasteiger charge is -2.48. The molecule has 3 atom stereocenters. The zero-order chi connectivity index (χ0) is 14.0. The maximum Gasteiger partial charge on any atom is 0.0741 e. The van der Waals surface area contributed by atoms with Crippen LogP contribution in [0.5, 0.6) is 0 Å². The second kappa shape index (κ2) is 6.30. The number of piperidine rings is 1. The maximum atomic E-state index is 6.18. The highest BCUT2D eigenvalue weighted by Crippen LogP contribution is 2.37. The summed E-state index contributed by atoms with van der Waals surface area (Å²) in [5.74, 6) is 0.752. The molecule has 3 aliphatic rings. The van der Waals surface area contributed by atoms with Crippen molar-refractivity contribution in [2.24, 2.45) is 5.92 Å². The molecule has 0 amide bonds. The lowest BCUT2D eigenvalue weighted by atomic mass is 9.82. The molecule has 0 aliphatic carbocycles. The van der Waals surface area contributed by atoms with Crippen molar-refractivity contribution in [3.8, 4) is 0 Å². The molecule has 0 saturated carbocycles. The Labute approximate surface area is 123 Å². The Hall–Kier alpha value is -0.160. The topological polar surface area (TPSA) is 33.7 Å². The average molecular weight is 282 g/mol. The average Bonchev–Trinajstić information content (AvgIpc) is 2.48. The van der Waals surface area contributed by atoms with E-state index in [0.717, 1.165) is 44.6 Å². The van der Waals surface area contributed by atoms with E-state index in [1.165, 1.54) is 32.4 Å². The van der Waals surface area contributed by atoms with Gasteiger partial charge in [-0.25, -0.2) is 0 Å². The Morgan fingerprint density at radius 2 is 1.95 bits per heavy atom. The van der Waals surface area contributed by atoms with Crippen LogP contribution in [0.2, 0.25) is 0 Å². The summed E-state index contributed by atoms with van der Waals surface area (Å²) in [6, 6.07) is 1.42. The zero-order valence-electron chi connectivity index (χ0n) is 13.1. The third-order valence-corrected chi connectivity index (χ3v) is 5.69. The van der Waals surface area contributed by atoms with E-state index in [-0.39, 0.29) is 5.60 Å². The molecule has 3 fully saturated rings. The molecule has 0 aromatic heterocycles. The van der Waals surface area contributed by atoms with E-state index in [0.29, 0.717) is 6.04 Å². The first-order valence-corrected chi connectivity index (χ1v) is 8.35. The van der Waals surface area contributed by atoms with Crippen LogP contribution in [0.15, 0.2) is 0 Å². The fourth-order valence-electron chi connectivity index (χ4n) is 4.34. The van der Waals surface area contributed by atoms with Crippen molar-refractivity contribution in [1.29, 1.82) is 0 Å². The van der Waals surface area contributed by atoms with Crippen molar-refractivity contribution in [2.45, 2.75) is 56.7 Å². The maximum absolute atomic E-state index is 6.18. The molecule has 3 unspecified atom stereocenters. The molecular weight excluding hydrogens is 252 g/mol. The van der Waals surface area contributed by atoms with Crippen LogP contribution in [-0.2, 0) is 9.47 Å². The minimum Gasteiger partial charge on any atom is -0.381 e. The second-order valence-electron chi connectivity index (χ2n) is 6.95. The molecule has 20 heavy (non-hydrogen) atoms. The molecule has 1 spiro atoms. The third kappa shape index (κ3) is 3.03.